The minimum absolute atomic E-state index is 0.0409. The third-order valence-electron chi connectivity index (χ3n) is 2.90. The van der Waals surface area contributed by atoms with E-state index in [0.29, 0.717) is 11.4 Å². The molecule has 0 aliphatic carbocycles. The molecule has 0 saturated carbocycles. The van der Waals surface area contributed by atoms with Gasteiger partial charge in [-0.2, -0.15) is 0 Å². The Kier molecular flexibility index (Phi) is 4.90. The highest BCUT2D eigenvalue weighted by atomic mass is 19.1. The molecular formula is C16H17FN2O2. The summed E-state index contributed by atoms with van der Waals surface area (Å²) >= 11 is 0. The molecule has 0 heterocycles. The molecule has 0 fully saturated rings. The van der Waals surface area contributed by atoms with Crippen LogP contribution in [0.15, 0.2) is 48.5 Å². The third-order valence-corrected chi connectivity index (χ3v) is 2.90. The fraction of sp³-hybridized carbons (Fsp3) is 0.188. The first-order chi connectivity index (χ1) is 10.0. The summed E-state index contributed by atoms with van der Waals surface area (Å²) in [6.45, 7) is 1.78. The van der Waals surface area contributed by atoms with Gasteiger partial charge in [0.25, 0.3) is 5.91 Å². The number of hydrogen-bond acceptors (Lipinski definition) is 3. The van der Waals surface area contributed by atoms with E-state index < -0.39 is 0 Å². The van der Waals surface area contributed by atoms with Crippen LogP contribution in [0.1, 0.15) is 18.5 Å². The molecule has 0 saturated heterocycles. The third kappa shape index (κ3) is 4.57. The van der Waals surface area contributed by atoms with Gasteiger partial charge in [0.15, 0.2) is 6.61 Å². The van der Waals surface area contributed by atoms with Crippen LogP contribution in [0.3, 0.4) is 0 Å². The van der Waals surface area contributed by atoms with Crippen LogP contribution in [-0.4, -0.2) is 12.5 Å². The van der Waals surface area contributed by atoms with Crippen LogP contribution in [-0.2, 0) is 4.79 Å². The van der Waals surface area contributed by atoms with Crippen molar-refractivity contribution in [2.24, 2.45) is 5.73 Å². The lowest BCUT2D eigenvalue weighted by molar-refractivity contribution is -0.118. The molecule has 21 heavy (non-hydrogen) atoms. The van der Waals surface area contributed by atoms with Crippen LogP contribution >= 0.6 is 0 Å². The van der Waals surface area contributed by atoms with Gasteiger partial charge in [-0.3, -0.25) is 4.79 Å². The Bertz CT molecular complexity index is 595. The summed E-state index contributed by atoms with van der Waals surface area (Å²) in [7, 11) is 0. The molecule has 2 aromatic rings. The van der Waals surface area contributed by atoms with Crippen LogP contribution in [0, 0.1) is 5.82 Å². The van der Waals surface area contributed by atoms with Crippen molar-refractivity contribution >= 4 is 11.6 Å². The molecule has 1 atom stereocenters. The number of rotatable bonds is 5. The van der Waals surface area contributed by atoms with Gasteiger partial charge in [0.1, 0.15) is 11.6 Å². The zero-order chi connectivity index (χ0) is 15.2. The van der Waals surface area contributed by atoms with Gasteiger partial charge in [-0.1, -0.05) is 12.1 Å². The van der Waals surface area contributed by atoms with Crippen LogP contribution in [0.5, 0.6) is 5.75 Å². The fourth-order valence-corrected chi connectivity index (χ4v) is 1.75. The molecular weight excluding hydrogens is 271 g/mol. The number of carbonyl (C=O) groups is 1. The lowest BCUT2D eigenvalue weighted by atomic mass is 10.1. The predicted molar refractivity (Wildman–Crippen MR) is 79.6 cm³/mol. The van der Waals surface area contributed by atoms with Crippen molar-refractivity contribution in [3.05, 3.63) is 59.9 Å². The lowest BCUT2D eigenvalue weighted by Gasteiger charge is -2.09. The Morgan fingerprint density at radius 3 is 2.38 bits per heavy atom. The molecule has 3 N–H and O–H groups in total. The molecule has 2 rings (SSSR count). The second kappa shape index (κ2) is 6.85. The Balaban J connectivity index is 1.84. The number of anilines is 1. The summed E-state index contributed by atoms with van der Waals surface area (Å²) in [6, 6.07) is 12.8. The summed E-state index contributed by atoms with van der Waals surface area (Å²) in [6.07, 6.45) is 0. The Labute approximate surface area is 122 Å². The number of ether oxygens (including phenoxy) is 1. The van der Waals surface area contributed by atoms with E-state index in [1.165, 1.54) is 24.3 Å². The van der Waals surface area contributed by atoms with Crippen molar-refractivity contribution in [2.45, 2.75) is 13.0 Å². The minimum atomic E-state index is -0.349. The minimum Gasteiger partial charge on any atom is -0.484 e. The maximum atomic E-state index is 12.7. The van der Waals surface area contributed by atoms with Crippen molar-refractivity contribution in [1.82, 2.24) is 0 Å². The molecule has 110 valence electrons. The highest BCUT2D eigenvalue weighted by Crippen LogP contribution is 2.16. The van der Waals surface area contributed by atoms with E-state index in [1.54, 1.807) is 12.1 Å². The molecule has 0 aliphatic heterocycles. The van der Waals surface area contributed by atoms with Crippen molar-refractivity contribution in [2.75, 3.05) is 11.9 Å². The summed E-state index contributed by atoms with van der Waals surface area (Å²) in [5.74, 6) is -0.0648. The topological polar surface area (TPSA) is 64.3 Å². The molecule has 5 heteroatoms. The number of halogens is 1. The number of hydrogen-bond donors (Lipinski definition) is 2. The Hall–Kier alpha value is -2.40. The summed E-state index contributed by atoms with van der Waals surface area (Å²) < 4.78 is 18.1. The number of benzene rings is 2. The van der Waals surface area contributed by atoms with Gasteiger partial charge in [0, 0.05) is 11.7 Å². The van der Waals surface area contributed by atoms with Gasteiger partial charge in [-0.05, 0) is 48.9 Å². The first-order valence-electron chi connectivity index (χ1n) is 6.58. The zero-order valence-electron chi connectivity index (χ0n) is 11.7. The van der Waals surface area contributed by atoms with Crippen LogP contribution in [0.4, 0.5) is 10.1 Å². The molecule has 0 aromatic heterocycles. The van der Waals surface area contributed by atoms with Gasteiger partial charge in [0.05, 0.1) is 0 Å². The average molecular weight is 288 g/mol. The molecule has 0 radical (unpaired) electrons. The highest BCUT2D eigenvalue weighted by Gasteiger charge is 2.05. The average Bonchev–Trinajstić information content (AvgIpc) is 2.48. The van der Waals surface area contributed by atoms with E-state index in [0.717, 1.165) is 5.56 Å². The zero-order valence-corrected chi connectivity index (χ0v) is 11.7. The summed E-state index contributed by atoms with van der Waals surface area (Å²) in [5.41, 5.74) is 7.27. The normalized spacial score (nSPS) is 11.8. The number of amides is 1. The van der Waals surface area contributed by atoms with Crippen LogP contribution in [0.2, 0.25) is 0 Å². The predicted octanol–water partition coefficient (Wildman–Crippen LogP) is 2.86. The highest BCUT2D eigenvalue weighted by molar-refractivity contribution is 5.91. The van der Waals surface area contributed by atoms with E-state index in [1.807, 2.05) is 19.1 Å². The second-order valence-electron chi connectivity index (χ2n) is 4.70. The van der Waals surface area contributed by atoms with Gasteiger partial charge in [-0.25, -0.2) is 4.39 Å². The maximum Gasteiger partial charge on any atom is 0.262 e. The molecule has 0 unspecified atom stereocenters. The van der Waals surface area contributed by atoms with E-state index in [4.69, 9.17) is 10.5 Å². The Morgan fingerprint density at radius 1 is 1.19 bits per heavy atom. The monoisotopic (exact) mass is 288 g/mol. The summed E-state index contributed by atoms with van der Waals surface area (Å²) in [4.78, 5) is 11.7. The van der Waals surface area contributed by atoms with E-state index in [-0.39, 0.29) is 24.4 Å². The second-order valence-corrected chi connectivity index (χ2v) is 4.70. The SMILES string of the molecule is C[C@H](N)c1ccc(OCC(=O)Nc2ccc(F)cc2)cc1. The van der Waals surface area contributed by atoms with Gasteiger partial charge in [-0.15, -0.1) is 0 Å². The Morgan fingerprint density at radius 2 is 1.81 bits per heavy atom. The van der Waals surface area contributed by atoms with E-state index >= 15 is 0 Å². The largest absolute Gasteiger partial charge is 0.484 e. The van der Waals surface area contributed by atoms with Gasteiger partial charge >= 0.3 is 0 Å². The number of carbonyl (C=O) groups excluding carboxylic acids is 1. The van der Waals surface area contributed by atoms with Gasteiger partial charge < -0.3 is 15.8 Å². The van der Waals surface area contributed by atoms with Crippen molar-refractivity contribution in [3.63, 3.8) is 0 Å². The van der Waals surface area contributed by atoms with Gasteiger partial charge in [0.2, 0.25) is 0 Å². The number of nitrogens with one attached hydrogen (secondary N) is 1. The first kappa shape index (κ1) is 15.0. The van der Waals surface area contributed by atoms with Crippen molar-refractivity contribution < 1.29 is 13.9 Å². The molecule has 2 aromatic carbocycles. The standard InChI is InChI=1S/C16H17FN2O2/c1-11(18)12-2-8-15(9-3-12)21-10-16(20)19-14-6-4-13(17)5-7-14/h2-9,11H,10,18H2,1H3,(H,19,20)/t11-/m0/s1. The number of nitrogens with two attached hydrogens (primary N) is 1. The van der Waals surface area contributed by atoms with E-state index in [9.17, 15) is 9.18 Å². The lowest BCUT2D eigenvalue weighted by Crippen LogP contribution is -2.20. The van der Waals surface area contributed by atoms with E-state index in [2.05, 4.69) is 5.32 Å². The maximum absolute atomic E-state index is 12.7. The van der Waals surface area contributed by atoms with Crippen molar-refractivity contribution in [1.29, 1.82) is 0 Å². The quantitative estimate of drug-likeness (QED) is 0.889. The molecule has 0 spiro atoms. The van der Waals surface area contributed by atoms with Crippen LogP contribution in [0.25, 0.3) is 0 Å². The van der Waals surface area contributed by atoms with Crippen molar-refractivity contribution in [3.8, 4) is 5.75 Å². The fourth-order valence-electron chi connectivity index (χ4n) is 1.75. The molecule has 0 aliphatic rings. The summed E-state index contributed by atoms with van der Waals surface area (Å²) in [5, 5.41) is 2.62. The molecule has 4 nitrogen and oxygen atoms in total. The molecule has 1 amide bonds. The first-order valence-corrected chi connectivity index (χ1v) is 6.58. The smallest absolute Gasteiger partial charge is 0.262 e. The molecule has 0 bridgehead atoms. The van der Waals surface area contributed by atoms with Crippen LogP contribution < -0.4 is 15.8 Å².